The molecule has 0 saturated heterocycles. The van der Waals surface area contributed by atoms with Gasteiger partial charge in [-0.15, -0.1) is 0 Å². The van der Waals surface area contributed by atoms with Gasteiger partial charge in [-0.3, -0.25) is 4.79 Å². The van der Waals surface area contributed by atoms with E-state index in [1.165, 1.54) is 11.6 Å². The summed E-state index contributed by atoms with van der Waals surface area (Å²) in [4.78, 5) is 13.2. The second-order valence-electron chi connectivity index (χ2n) is 6.83. The van der Waals surface area contributed by atoms with Gasteiger partial charge in [-0.2, -0.15) is 13.2 Å². The number of fused-ring (bicyclic) bond motifs is 1. The highest BCUT2D eigenvalue weighted by Gasteiger charge is 2.37. The third-order valence-corrected chi connectivity index (χ3v) is 5.28. The molecule has 1 unspecified atom stereocenters. The molecule has 2 nitrogen and oxygen atoms in total. The van der Waals surface area contributed by atoms with Gasteiger partial charge >= 0.3 is 6.18 Å². The first-order chi connectivity index (χ1) is 12.9. The van der Waals surface area contributed by atoms with Gasteiger partial charge in [0.2, 0.25) is 0 Å². The third-order valence-electron chi connectivity index (χ3n) is 5.28. The van der Waals surface area contributed by atoms with Crippen molar-refractivity contribution in [2.75, 3.05) is 7.05 Å². The summed E-state index contributed by atoms with van der Waals surface area (Å²) in [6.07, 6.45) is 0.956. The van der Waals surface area contributed by atoms with Gasteiger partial charge in [0.05, 0.1) is 11.5 Å². The lowest BCUT2D eigenvalue weighted by Crippen LogP contribution is -2.11. The van der Waals surface area contributed by atoms with Gasteiger partial charge in [-0.1, -0.05) is 42.5 Å². The van der Waals surface area contributed by atoms with Crippen molar-refractivity contribution in [2.45, 2.75) is 24.9 Å². The summed E-state index contributed by atoms with van der Waals surface area (Å²) in [5, 5.41) is 3.03. The van der Waals surface area contributed by atoms with Gasteiger partial charge in [-0.25, -0.2) is 0 Å². The summed E-state index contributed by atoms with van der Waals surface area (Å²) in [6.45, 7) is 0. The molecular weight excluding hydrogens is 351 g/mol. The van der Waals surface area contributed by atoms with Gasteiger partial charge < -0.3 is 5.32 Å². The molecule has 4 rings (SSSR count). The fourth-order valence-electron chi connectivity index (χ4n) is 3.99. The topological polar surface area (TPSA) is 29.1 Å². The number of carbonyl (C=O) groups is 1. The molecule has 1 atom stereocenters. The Hall–Kier alpha value is -2.82. The molecule has 0 bridgehead atoms. The molecule has 0 aromatic heterocycles. The zero-order valence-corrected chi connectivity index (χ0v) is 14.7. The molecule has 0 heterocycles. The van der Waals surface area contributed by atoms with Gasteiger partial charge in [0.15, 0.2) is 5.78 Å². The normalized spacial score (nSPS) is 19.0. The summed E-state index contributed by atoms with van der Waals surface area (Å²) in [7, 11) is 1.70. The van der Waals surface area contributed by atoms with E-state index in [-0.39, 0.29) is 11.7 Å². The number of allylic oxidation sites excluding steroid dienone is 3. The standard InChI is InChI=1S/C22H18F3NO/c1-26-19-12-18(17-10-4-6-13-5-3-9-16(13)17)21(27)20(19)14-7-2-8-15(11-14)22(23,24)25/h2-4,6-11,18,26H,5,12H2,1H3. The predicted octanol–water partition coefficient (Wildman–Crippen LogP) is 4.96. The number of carbonyl (C=O) groups excluding carboxylic acids is 1. The maximum atomic E-state index is 13.2. The molecule has 5 heteroatoms. The number of Topliss-reactive ketones (excluding diaryl/α,β-unsaturated/α-hetero) is 1. The zero-order valence-electron chi connectivity index (χ0n) is 14.7. The van der Waals surface area contributed by atoms with Crippen LogP contribution in [-0.4, -0.2) is 12.8 Å². The maximum absolute atomic E-state index is 13.2. The summed E-state index contributed by atoms with van der Waals surface area (Å²) >= 11 is 0. The number of halogens is 3. The first-order valence-corrected chi connectivity index (χ1v) is 8.81. The fraction of sp³-hybridized carbons (Fsp3) is 0.227. The molecule has 2 aromatic rings. The molecular formula is C22H18F3NO. The average Bonchev–Trinajstić information content (AvgIpc) is 3.25. The zero-order chi connectivity index (χ0) is 19.2. The first kappa shape index (κ1) is 17.6. The summed E-state index contributed by atoms with van der Waals surface area (Å²) in [5.74, 6) is -0.512. The lowest BCUT2D eigenvalue weighted by Gasteiger charge is -2.14. The van der Waals surface area contributed by atoms with Crippen LogP contribution in [0.5, 0.6) is 0 Å². The Labute approximate surface area is 155 Å². The average molecular weight is 369 g/mol. The monoisotopic (exact) mass is 369 g/mol. The van der Waals surface area contributed by atoms with E-state index in [9.17, 15) is 18.0 Å². The highest BCUT2D eigenvalue weighted by Crippen LogP contribution is 2.42. The summed E-state index contributed by atoms with van der Waals surface area (Å²) in [5.41, 5.74) is 3.79. The Balaban J connectivity index is 1.76. The molecule has 2 aliphatic carbocycles. The number of ketones is 1. The summed E-state index contributed by atoms with van der Waals surface area (Å²) in [6, 6.07) is 10.9. The van der Waals surface area contributed by atoms with E-state index in [1.54, 1.807) is 13.1 Å². The number of hydrogen-bond donors (Lipinski definition) is 1. The van der Waals surface area contributed by atoms with Crippen LogP contribution in [0.3, 0.4) is 0 Å². The summed E-state index contributed by atoms with van der Waals surface area (Å²) < 4.78 is 39.3. The molecule has 2 aromatic carbocycles. The van der Waals surface area contributed by atoms with Crippen LogP contribution < -0.4 is 5.32 Å². The molecule has 138 valence electrons. The van der Waals surface area contributed by atoms with E-state index in [2.05, 4.69) is 11.4 Å². The highest BCUT2D eigenvalue weighted by molar-refractivity contribution is 6.26. The molecule has 0 radical (unpaired) electrons. The van der Waals surface area contributed by atoms with Crippen molar-refractivity contribution in [3.05, 3.63) is 82.1 Å². The van der Waals surface area contributed by atoms with Crippen LogP contribution in [0, 0.1) is 0 Å². The molecule has 0 spiro atoms. The minimum absolute atomic E-state index is 0.132. The van der Waals surface area contributed by atoms with Crippen molar-refractivity contribution in [3.63, 3.8) is 0 Å². The Morgan fingerprint density at radius 3 is 2.63 bits per heavy atom. The van der Waals surface area contributed by atoms with Crippen molar-refractivity contribution in [1.82, 2.24) is 5.32 Å². The quantitative estimate of drug-likeness (QED) is 0.828. The first-order valence-electron chi connectivity index (χ1n) is 8.81. The Bertz CT molecular complexity index is 985. The minimum Gasteiger partial charge on any atom is -0.391 e. The SMILES string of the molecule is CNC1=C(c2cccc(C(F)(F)F)c2)C(=O)C(c2cccc3c2C=CC3)C1. The van der Waals surface area contributed by atoms with Crippen LogP contribution in [0.25, 0.3) is 11.6 Å². The van der Waals surface area contributed by atoms with E-state index in [1.807, 2.05) is 24.3 Å². The van der Waals surface area contributed by atoms with E-state index >= 15 is 0 Å². The van der Waals surface area contributed by atoms with Gasteiger partial charge in [0.1, 0.15) is 0 Å². The lowest BCUT2D eigenvalue weighted by molar-refractivity contribution is -0.137. The fourth-order valence-corrected chi connectivity index (χ4v) is 3.99. The van der Waals surface area contributed by atoms with Crippen LogP contribution in [0.15, 0.2) is 54.2 Å². The van der Waals surface area contributed by atoms with E-state index < -0.39 is 11.7 Å². The number of alkyl halides is 3. The Morgan fingerprint density at radius 1 is 1.11 bits per heavy atom. The molecule has 27 heavy (non-hydrogen) atoms. The van der Waals surface area contributed by atoms with Crippen molar-refractivity contribution in [2.24, 2.45) is 0 Å². The van der Waals surface area contributed by atoms with Crippen molar-refractivity contribution in [3.8, 4) is 0 Å². The van der Waals surface area contributed by atoms with Crippen molar-refractivity contribution in [1.29, 1.82) is 0 Å². The minimum atomic E-state index is -4.44. The molecule has 2 aliphatic rings. The van der Waals surface area contributed by atoms with Gasteiger partial charge in [0.25, 0.3) is 0 Å². The highest BCUT2D eigenvalue weighted by atomic mass is 19.4. The van der Waals surface area contributed by atoms with E-state index in [4.69, 9.17) is 0 Å². The van der Waals surface area contributed by atoms with Crippen LogP contribution in [0.4, 0.5) is 13.2 Å². The van der Waals surface area contributed by atoms with Gasteiger partial charge in [-0.05, 0) is 40.8 Å². The second-order valence-corrected chi connectivity index (χ2v) is 6.83. The molecule has 0 fully saturated rings. The van der Waals surface area contributed by atoms with Crippen molar-refractivity contribution < 1.29 is 18.0 Å². The van der Waals surface area contributed by atoms with E-state index in [0.717, 1.165) is 29.7 Å². The largest absolute Gasteiger partial charge is 0.416 e. The van der Waals surface area contributed by atoms with Crippen LogP contribution in [0.2, 0.25) is 0 Å². The number of rotatable bonds is 3. The Kier molecular flexibility index (Phi) is 4.17. The predicted molar refractivity (Wildman–Crippen MR) is 99.0 cm³/mol. The molecule has 0 aliphatic heterocycles. The number of benzene rings is 2. The third kappa shape index (κ3) is 2.97. The van der Waals surface area contributed by atoms with E-state index in [0.29, 0.717) is 23.3 Å². The maximum Gasteiger partial charge on any atom is 0.416 e. The lowest BCUT2D eigenvalue weighted by atomic mass is 9.88. The smallest absolute Gasteiger partial charge is 0.391 e. The van der Waals surface area contributed by atoms with Crippen LogP contribution >= 0.6 is 0 Å². The number of nitrogens with one attached hydrogen (secondary N) is 1. The van der Waals surface area contributed by atoms with Crippen LogP contribution in [0.1, 0.15) is 40.2 Å². The molecule has 0 amide bonds. The Morgan fingerprint density at radius 2 is 1.89 bits per heavy atom. The van der Waals surface area contributed by atoms with Crippen LogP contribution in [-0.2, 0) is 17.4 Å². The van der Waals surface area contributed by atoms with Gasteiger partial charge in [0, 0.05) is 24.7 Å². The second kappa shape index (κ2) is 6.41. The van der Waals surface area contributed by atoms with Crippen molar-refractivity contribution >= 4 is 17.4 Å². The number of hydrogen-bond acceptors (Lipinski definition) is 2. The molecule has 0 saturated carbocycles. The molecule has 1 N–H and O–H groups in total.